The summed E-state index contributed by atoms with van der Waals surface area (Å²) in [6.07, 6.45) is 2.39. The number of anilines is 1. The van der Waals surface area contributed by atoms with Crippen LogP contribution in [0.25, 0.3) is 16.9 Å². The molecular weight excluding hydrogens is 363 g/mol. The van der Waals surface area contributed by atoms with Gasteiger partial charge in [-0.25, -0.2) is 14.2 Å². The number of imidazole rings is 1. The number of nitrogens with one attached hydrogen (secondary N) is 1. The number of ether oxygens (including phenoxy) is 1. The molecular formula is C20H21FN4O3. The molecule has 1 aliphatic heterocycles. The number of aromatic nitrogens is 2. The minimum absolute atomic E-state index is 0. The van der Waals surface area contributed by atoms with Crippen molar-refractivity contribution in [2.45, 2.75) is 20.5 Å². The van der Waals surface area contributed by atoms with Crippen molar-refractivity contribution < 1.29 is 18.7 Å². The number of cyclic esters (lactones) is 1. The number of hydrogen-bond donors (Lipinski definition) is 1. The van der Waals surface area contributed by atoms with Crippen molar-refractivity contribution in [3.63, 3.8) is 0 Å². The quantitative estimate of drug-likeness (QED) is 0.749. The Kier molecular flexibility index (Phi) is 5.30. The zero-order valence-electron chi connectivity index (χ0n) is 14.6. The maximum atomic E-state index is 14.8. The van der Waals surface area contributed by atoms with E-state index in [4.69, 9.17) is 4.74 Å². The molecule has 0 radical (unpaired) electrons. The van der Waals surface area contributed by atoms with E-state index in [9.17, 15) is 14.0 Å². The number of halogens is 1. The van der Waals surface area contributed by atoms with Crippen LogP contribution < -0.4 is 10.2 Å². The molecule has 4 rings (SSSR count). The van der Waals surface area contributed by atoms with Crippen LogP contribution in [0.15, 0.2) is 48.8 Å². The van der Waals surface area contributed by atoms with Crippen molar-refractivity contribution in [2.24, 2.45) is 0 Å². The summed E-state index contributed by atoms with van der Waals surface area (Å²) in [6.45, 7) is 1.86. The summed E-state index contributed by atoms with van der Waals surface area (Å²) in [6, 6.07) is 10.1. The number of fused-ring (bicyclic) bond motifs is 1. The normalized spacial score (nSPS) is 16.0. The van der Waals surface area contributed by atoms with Gasteiger partial charge < -0.3 is 10.1 Å². The molecule has 0 spiro atoms. The second kappa shape index (κ2) is 7.67. The molecule has 1 atom stereocenters. The SMILES string of the molecule is C.CC(=O)NC[C@H]1CN(c2ccc(-c3cccc4nccn34)c(F)c2)C(=O)O1. The molecule has 3 heterocycles. The smallest absolute Gasteiger partial charge is 0.414 e. The molecule has 0 unspecified atom stereocenters. The van der Waals surface area contributed by atoms with Crippen LogP contribution in [0.1, 0.15) is 14.4 Å². The van der Waals surface area contributed by atoms with E-state index in [-0.39, 0.29) is 26.4 Å². The van der Waals surface area contributed by atoms with Crippen molar-refractivity contribution in [2.75, 3.05) is 18.0 Å². The number of benzene rings is 1. The molecule has 2 aromatic heterocycles. The Morgan fingerprint density at radius 3 is 2.93 bits per heavy atom. The summed E-state index contributed by atoms with van der Waals surface area (Å²) in [5.74, 6) is -0.652. The van der Waals surface area contributed by atoms with Crippen molar-refractivity contribution in [1.82, 2.24) is 14.7 Å². The van der Waals surface area contributed by atoms with Gasteiger partial charge in [0.15, 0.2) is 0 Å². The zero-order chi connectivity index (χ0) is 19.0. The van der Waals surface area contributed by atoms with Crippen LogP contribution >= 0.6 is 0 Å². The lowest BCUT2D eigenvalue weighted by molar-refractivity contribution is -0.119. The fourth-order valence-electron chi connectivity index (χ4n) is 3.14. The average Bonchev–Trinajstić information content (AvgIpc) is 3.26. The summed E-state index contributed by atoms with van der Waals surface area (Å²) in [7, 11) is 0. The highest BCUT2D eigenvalue weighted by Crippen LogP contribution is 2.29. The zero-order valence-corrected chi connectivity index (χ0v) is 14.6. The molecule has 146 valence electrons. The number of carbonyl (C=O) groups is 2. The van der Waals surface area contributed by atoms with Crippen molar-refractivity contribution >= 4 is 23.3 Å². The lowest BCUT2D eigenvalue weighted by Crippen LogP contribution is -2.33. The Morgan fingerprint density at radius 2 is 2.18 bits per heavy atom. The van der Waals surface area contributed by atoms with Gasteiger partial charge in [0.25, 0.3) is 0 Å². The Balaban J connectivity index is 0.00000225. The van der Waals surface area contributed by atoms with Gasteiger partial charge in [0.1, 0.15) is 17.6 Å². The molecule has 1 fully saturated rings. The Morgan fingerprint density at radius 1 is 1.36 bits per heavy atom. The minimum Gasteiger partial charge on any atom is -0.442 e. The standard InChI is InChI=1S/C19H17FN4O3.CH4/c1-12(25)22-10-14-11-24(19(26)27-14)13-5-6-15(16(20)9-13)17-3-2-4-18-21-7-8-23(17)18;/h2-9,14H,10-11H2,1H3,(H,22,25);1H4/t14-;/m0./s1. The number of pyridine rings is 1. The van der Waals surface area contributed by atoms with E-state index in [0.29, 0.717) is 16.9 Å². The van der Waals surface area contributed by atoms with Crippen molar-refractivity contribution in [3.8, 4) is 11.3 Å². The Hall–Kier alpha value is -3.42. The van der Waals surface area contributed by atoms with Crippen LogP contribution in [0.5, 0.6) is 0 Å². The number of nitrogens with zero attached hydrogens (tertiary/aromatic N) is 3. The molecule has 0 bridgehead atoms. The minimum atomic E-state index is -0.561. The van der Waals surface area contributed by atoms with E-state index in [1.807, 2.05) is 12.1 Å². The highest BCUT2D eigenvalue weighted by Gasteiger charge is 2.32. The van der Waals surface area contributed by atoms with E-state index >= 15 is 0 Å². The van der Waals surface area contributed by atoms with Gasteiger partial charge in [0, 0.05) is 24.9 Å². The summed E-state index contributed by atoms with van der Waals surface area (Å²) in [5.41, 5.74) is 2.20. The van der Waals surface area contributed by atoms with Gasteiger partial charge in [-0.1, -0.05) is 13.5 Å². The summed E-state index contributed by atoms with van der Waals surface area (Å²) in [5, 5.41) is 2.61. The first-order valence-electron chi connectivity index (χ1n) is 8.47. The van der Waals surface area contributed by atoms with E-state index in [2.05, 4.69) is 10.3 Å². The van der Waals surface area contributed by atoms with E-state index in [1.165, 1.54) is 17.9 Å². The lowest BCUT2D eigenvalue weighted by Gasteiger charge is -2.15. The molecule has 0 saturated carbocycles. The molecule has 8 heteroatoms. The number of amides is 2. The number of rotatable bonds is 4. The van der Waals surface area contributed by atoms with Gasteiger partial charge in [-0.15, -0.1) is 0 Å². The second-order valence-electron chi connectivity index (χ2n) is 6.28. The lowest BCUT2D eigenvalue weighted by atomic mass is 10.1. The summed E-state index contributed by atoms with van der Waals surface area (Å²) < 4.78 is 21.8. The van der Waals surface area contributed by atoms with E-state index < -0.39 is 18.0 Å². The van der Waals surface area contributed by atoms with Crippen LogP contribution in [0, 0.1) is 5.82 Å². The molecule has 0 aliphatic carbocycles. The number of hydrogen-bond acceptors (Lipinski definition) is 4. The average molecular weight is 384 g/mol. The van der Waals surface area contributed by atoms with Crippen LogP contribution in [-0.2, 0) is 9.53 Å². The van der Waals surface area contributed by atoms with Gasteiger partial charge in [0.05, 0.1) is 24.5 Å². The fourth-order valence-corrected chi connectivity index (χ4v) is 3.14. The van der Waals surface area contributed by atoms with Crippen molar-refractivity contribution in [3.05, 3.63) is 54.6 Å². The molecule has 1 aromatic carbocycles. The summed E-state index contributed by atoms with van der Waals surface area (Å²) >= 11 is 0. The van der Waals surface area contributed by atoms with Gasteiger partial charge in [-0.2, -0.15) is 0 Å². The predicted molar refractivity (Wildman–Crippen MR) is 104 cm³/mol. The van der Waals surface area contributed by atoms with Crippen LogP contribution in [-0.4, -0.2) is 40.6 Å². The maximum Gasteiger partial charge on any atom is 0.414 e. The first-order valence-corrected chi connectivity index (χ1v) is 8.47. The van der Waals surface area contributed by atoms with E-state index in [1.54, 1.807) is 35.0 Å². The molecule has 28 heavy (non-hydrogen) atoms. The maximum absolute atomic E-state index is 14.8. The Bertz CT molecular complexity index is 1030. The van der Waals surface area contributed by atoms with Gasteiger partial charge >= 0.3 is 6.09 Å². The molecule has 1 saturated heterocycles. The predicted octanol–water partition coefficient (Wildman–Crippen LogP) is 3.24. The monoisotopic (exact) mass is 384 g/mol. The third-order valence-electron chi connectivity index (χ3n) is 4.42. The molecule has 1 N–H and O–H groups in total. The molecule has 3 aromatic rings. The summed E-state index contributed by atoms with van der Waals surface area (Å²) in [4.78, 5) is 28.7. The fraction of sp³-hybridized carbons (Fsp3) is 0.250. The third kappa shape index (κ3) is 3.53. The number of carbonyl (C=O) groups excluding carboxylic acids is 2. The first-order chi connectivity index (χ1) is 13.0. The topological polar surface area (TPSA) is 75.9 Å². The second-order valence-corrected chi connectivity index (χ2v) is 6.28. The highest BCUT2D eigenvalue weighted by molar-refractivity contribution is 5.90. The van der Waals surface area contributed by atoms with Gasteiger partial charge in [0.2, 0.25) is 5.91 Å². The first kappa shape index (κ1) is 19.3. The van der Waals surface area contributed by atoms with Crippen LogP contribution in [0.2, 0.25) is 0 Å². The third-order valence-corrected chi connectivity index (χ3v) is 4.42. The van der Waals surface area contributed by atoms with Crippen LogP contribution in [0.3, 0.4) is 0 Å². The molecule has 1 aliphatic rings. The van der Waals surface area contributed by atoms with Crippen molar-refractivity contribution in [1.29, 1.82) is 0 Å². The Labute approximate surface area is 161 Å². The van der Waals surface area contributed by atoms with Gasteiger partial charge in [-0.05, 0) is 30.3 Å². The molecule has 7 nitrogen and oxygen atoms in total. The highest BCUT2D eigenvalue weighted by atomic mass is 19.1. The van der Waals surface area contributed by atoms with Gasteiger partial charge in [-0.3, -0.25) is 14.1 Å². The van der Waals surface area contributed by atoms with Crippen LogP contribution in [0.4, 0.5) is 14.9 Å². The molecule has 2 amide bonds. The largest absolute Gasteiger partial charge is 0.442 e. The van der Waals surface area contributed by atoms with E-state index in [0.717, 1.165) is 5.65 Å².